The maximum atomic E-state index is 11.0. The Kier molecular flexibility index (Phi) is 6.07. The summed E-state index contributed by atoms with van der Waals surface area (Å²) >= 11 is 0. The molecule has 0 bridgehead atoms. The van der Waals surface area contributed by atoms with Crippen LogP contribution in [0.3, 0.4) is 0 Å². The molecule has 2 aromatic carbocycles. The summed E-state index contributed by atoms with van der Waals surface area (Å²) in [7, 11) is 1.59. The van der Waals surface area contributed by atoms with E-state index >= 15 is 0 Å². The zero-order valence-electron chi connectivity index (χ0n) is 15.1. The van der Waals surface area contributed by atoms with Crippen molar-refractivity contribution in [2.75, 3.05) is 30.4 Å². The van der Waals surface area contributed by atoms with Crippen LogP contribution in [-0.2, 0) is 17.9 Å². The summed E-state index contributed by atoms with van der Waals surface area (Å²) in [6, 6.07) is 13.3. The Hall–Kier alpha value is -2.60. The summed E-state index contributed by atoms with van der Waals surface area (Å²) in [4.78, 5) is 13.1. The quantitative estimate of drug-likeness (QED) is 0.591. The third-order valence-electron chi connectivity index (χ3n) is 4.76. The van der Waals surface area contributed by atoms with E-state index in [-0.39, 0.29) is 10.6 Å². The van der Waals surface area contributed by atoms with Crippen LogP contribution < -0.4 is 10.2 Å². The van der Waals surface area contributed by atoms with Crippen molar-refractivity contribution in [1.82, 2.24) is 0 Å². The second-order valence-electron chi connectivity index (χ2n) is 6.56. The first-order chi connectivity index (χ1) is 12.7. The molecule has 1 N–H and O–H groups in total. The number of non-ortho nitro benzene ring substituents is 1. The molecule has 1 fully saturated rings. The van der Waals surface area contributed by atoms with Crippen LogP contribution in [0.5, 0.6) is 0 Å². The summed E-state index contributed by atoms with van der Waals surface area (Å²) in [5, 5.41) is 14.4. The molecule has 3 rings (SSSR count). The van der Waals surface area contributed by atoms with Gasteiger partial charge in [0, 0.05) is 55.8 Å². The van der Waals surface area contributed by atoms with Gasteiger partial charge in [-0.1, -0.05) is 18.2 Å². The maximum absolute atomic E-state index is 11.0. The molecule has 2 aromatic rings. The highest BCUT2D eigenvalue weighted by Gasteiger charge is 2.15. The lowest BCUT2D eigenvalue weighted by molar-refractivity contribution is -0.384. The number of piperidine rings is 1. The summed E-state index contributed by atoms with van der Waals surface area (Å²) in [6.45, 7) is 3.20. The van der Waals surface area contributed by atoms with Crippen LogP contribution in [0, 0.1) is 10.1 Å². The first kappa shape index (κ1) is 18.2. The predicted molar refractivity (Wildman–Crippen MR) is 104 cm³/mol. The molecule has 138 valence electrons. The van der Waals surface area contributed by atoms with Crippen LogP contribution in [0.25, 0.3) is 0 Å². The number of benzene rings is 2. The van der Waals surface area contributed by atoms with E-state index in [2.05, 4.69) is 34.5 Å². The highest BCUT2D eigenvalue weighted by atomic mass is 16.6. The summed E-state index contributed by atoms with van der Waals surface area (Å²) in [5.74, 6) is 0. The number of anilines is 2. The van der Waals surface area contributed by atoms with Gasteiger partial charge in [0.1, 0.15) is 0 Å². The minimum absolute atomic E-state index is 0.0799. The van der Waals surface area contributed by atoms with Gasteiger partial charge in [-0.25, -0.2) is 0 Å². The number of hydrogen-bond acceptors (Lipinski definition) is 5. The third-order valence-corrected chi connectivity index (χ3v) is 4.76. The van der Waals surface area contributed by atoms with Crippen molar-refractivity contribution >= 4 is 17.1 Å². The van der Waals surface area contributed by atoms with E-state index in [0.29, 0.717) is 13.2 Å². The number of nitro benzene ring substituents is 1. The van der Waals surface area contributed by atoms with Crippen LogP contribution in [-0.4, -0.2) is 25.1 Å². The number of ether oxygens (including phenoxy) is 1. The van der Waals surface area contributed by atoms with Gasteiger partial charge in [0.15, 0.2) is 0 Å². The molecule has 0 unspecified atom stereocenters. The highest BCUT2D eigenvalue weighted by Crippen LogP contribution is 2.27. The Morgan fingerprint density at radius 1 is 1.12 bits per heavy atom. The zero-order chi connectivity index (χ0) is 18.4. The smallest absolute Gasteiger partial charge is 0.269 e. The number of nitrogens with one attached hydrogen (secondary N) is 1. The number of nitrogens with zero attached hydrogens (tertiary/aromatic N) is 2. The largest absolute Gasteiger partial charge is 0.381 e. The first-order valence-corrected chi connectivity index (χ1v) is 9.02. The number of hydrogen-bond donors (Lipinski definition) is 1. The SMILES string of the molecule is COCc1cc([N+](=O)[O-])ccc1NCc1ccccc1N1CCCCC1. The van der Waals surface area contributed by atoms with Crippen molar-refractivity contribution in [3.8, 4) is 0 Å². The molecule has 1 saturated heterocycles. The van der Waals surface area contributed by atoms with Crippen molar-refractivity contribution in [1.29, 1.82) is 0 Å². The molecule has 1 aliphatic rings. The molecule has 0 spiro atoms. The van der Waals surface area contributed by atoms with E-state index in [4.69, 9.17) is 4.74 Å². The molecule has 0 atom stereocenters. The summed E-state index contributed by atoms with van der Waals surface area (Å²) < 4.78 is 5.20. The second-order valence-corrected chi connectivity index (χ2v) is 6.56. The van der Waals surface area contributed by atoms with Crippen molar-refractivity contribution in [3.05, 3.63) is 63.7 Å². The van der Waals surface area contributed by atoms with Crippen LogP contribution in [0.1, 0.15) is 30.4 Å². The maximum Gasteiger partial charge on any atom is 0.269 e. The van der Waals surface area contributed by atoms with Gasteiger partial charge in [0.2, 0.25) is 0 Å². The molecule has 0 saturated carbocycles. The minimum atomic E-state index is -0.380. The minimum Gasteiger partial charge on any atom is -0.381 e. The van der Waals surface area contributed by atoms with Crippen LogP contribution in [0.2, 0.25) is 0 Å². The van der Waals surface area contributed by atoms with Gasteiger partial charge in [0.05, 0.1) is 11.5 Å². The van der Waals surface area contributed by atoms with Crippen molar-refractivity contribution in [3.63, 3.8) is 0 Å². The molecule has 26 heavy (non-hydrogen) atoms. The molecule has 0 amide bonds. The lowest BCUT2D eigenvalue weighted by Gasteiger charge is -2.30. The average Bonchev–Trinajstić information content (AvgIpc) is 2.68. The fourth-order valence-corrected chi connectivity index (χ4v) is 3.44. The Labute approximate surface area is 153 Å². The molecule has 6 nitrogen and oxygen atoms in total. The molecular weight excluding hydrogens is 330 g/mol. The van der Waals surface area contributed by atoms with Gasteiger partial charge in [-0.05, 0) is 37.0 Å². The fourth-order valence-electron chi connectivity index (χ4n) is 3.44. The van der Waals surface area contributed by atoms with Crippen LogP contribution in [0.15, 0.2) is 42.5 Å². The number of nitro groups is 1. The topological polar surface area (TPSA) is 67.6 Å². The van der Waals surface area contributed by atoms with Gasteiger partial charge >= 0.3 is 0 Å². The van der Waals surface area contributed by atoms with Gasteiger partial charge < -0.3 is 15.0 Å². The van der Waals surface area contributed by atoms with Crippen LogP contribution >= 0.6 is 0 Å². The standard InChI is InChI=1S/C20H25N3O3/c1-26-15-17-13-18(23(24)25)9-10-19(17)21-14-16-7-3-4-8-20(16)22-11-5-2-6-12-22/h3-4,7-10,13,21H,2,5-6,11-12,14-15H2,1H3. The lowest BCUT2D eigenvalue weighted by atomic mass is 10.1. The molecule has 1 aliphatic heterocycles. The number of para-hydroxylation sites is 1. The zero-order valence-corrected chi connectivity index (χ0v) is 15.1. The average molecular weight is 355 g/mol. The Morgan fingerprint density at radius 3 is 2.62 bits per heavy atom. The van der Waals surface area contributed by atoms with Crippen LogP contribution in [0.4, 0.5) is 17.1 Å². The predicted octanol–water partition coefficient (Wildman–Crippen LogP) is 4.34. The Balaban J connectivity index is 1.77. The monoisotopic (exact) mass is 355 g/mol. The fraction of sp³-hybridized carbons (Fsp3) is 0.400. The first-order valence-electron chi connectivity index (χ1n) is 9.02. The Morgan fingerprint density at radius 2 is 1.88 bits per heavy atom. The van der Waals surface area contributed by atoms with E-state index < -0.39 is 0 Å². The van der Waals surface area contributed by atoms with Gasteiger partial charge in [-0.3, -0.25) is 10.1 Å². The van der Waals surface area contributed by atoms with Crippen molar-refractivity contribution in [2.45, 2.75) is 32.4 Å². The van der Waals surface area contributed by atoms with Crippen molar-refractivity contribution < 1.29 is 9.66 Å². The van der Waals surface area contributed by atoms with Gasteiger partial charge in [-0.15, -0.1) is 0 Å². The van der Waals surface area contributed by atoms with E-state index in [0.717, 1.165) is 24.3 Å². The molecule has 0 radical (unpaired) electrons. The van der Waals surface area contributed by atoms with E-state index in [1.807, 2.05) is 0 Å². The molecular formula is C20H25N3O3. The second kappa shape index (κ2) is 8.67. The molecule has 0 aromatic heterocycles. The summed E-state index contributed by atoms with van der Waals surface area (Å²) in [5.41, 5.74) is 4.24. The Bertz CT molecular complexity index is 758. The molecule has 0 aliphatic carbocycles. The third kappa shape index (κ3) is 4.32. The number of methoxy groups -OCH3 is 1. The normalized spacial score (nSPS) is 14.3. The molecule has 6 heteroatoms. The highest BCUT2D eigenvalue weighted by molar-refractivity contribution is 5.59. The van der Waals surface area contributed by atoms with Gasteiger partial charge in [0.25, 0.3) is 5.69 Å². The van der Waals surface area contributed by atoms with Crippen molar-refractivity contribution in [2.24, 2.45) is 0 Å². The molecule has 1 heterocycles. The summed E-state index contributed by atoms with van der Waals surface area (Å²) in [6.07, 6.45) is 3.78. The van der Waals surface area contributed by atoms with Gasteiger partial charge in [-0.2, -0.15) is 0 Å². The van der Waals surface area contributed by atoms with E-state index in [1.54, 1.807) is 19.2 Å². The number of rotatable bonds is 7. The van der Waals surface area contributed by atoms with E-state index in [1.165, 1.54) is 36.6 Å². The lowest BCUT2D eigenvalue weighted by Crippen LogP contribution is -2.30. The van der Waals surface area contributed by atoms with E-state index in [9.17, 15) is 10.1 Å².